The van der Waals surface area contributed by atoms with Crippen molar-refractivity contribution in [3.8, 4) is 0 Å². The van der Waals surface area contributed by atoms with Crippen molar-refractivity contribution >= 4 is 57.7 Å². The van der Waals surface area contributed by atoms with Gasteiger partial charge in [0.15, 0.2) is 22.7 Å². The van der Waals surface area contributed by atoms with E-state index in [2.05, 4.69) is 20.2 Å². The number of oxime groups is 1. The number of fused-ring (bicyclic) bond motifs is 1. The van der Waals surface area contributed by atoms with Gasteiger partial charge in [0.2, 0.25) is 5.91 Å². The fourth-order valence-electron chi connectivity index (χ4n) is 3.41. The highest BCUT2D eigenvalue weighted by molar-refractivity contribution is 8.03. The Kier molecular flexibility index (Phi) is 10.7. The molecule has 13 nitrogen and oxygen atoms in total. The molecular formula is C21H29N5O8S2. The molecule has 2 aliphatic heterocycles. The average Bonchev–Trinajstić information content (AvgIpc) is 3.31. The molecule has 0 saturated carbocycles. The first kappa shape index (κ1) is 29.1. The Hall–Kier alpha value is -3.17. The molecule has 0 bridgehead atoms. The number of thiazole rings is 1. The number of nitrogens with one attached hydrogen (secondary N) is 1. The van der Waals surface area contributed by atoms with Crippen LogP contribution >= 0.6 is 23.1 Å². The largest absolute Gasteiger partial charge is 0.508 e. The van der Waals surface area contributed by atoms with Crippen LogP contribution in [-0.4, -0.2) is 90.8 Å². The van der Waals surface area contributed by atoms with E-state index in [1.165, 1.54) is 44.0 Å². The Balaban J connectivity index is 0.00000222. The number of thioether (sulfide) groups is 1. The molecule has 4 atom stereocenters. The maximum Gasteiger partial charge on any atom is 0.508 e. The molecule has 0 radical (unpaired) electrons. The number of hydrogen-bond acceptors (Lipinski definition) is 13. The summed E-state index contributed by atoms with van der Waals surface area (Å²) in [6.45, 7) is 5.47. The third-order valence-electron chi connectivity index (χ3n) is 4.93. The Morgan fingerprint density at radius 1 is 1.28 bits per heavy atom. The van der Waals surface area contributed by atoms with Crippen molar-refractivity contribution in [1.82, 2.24) is 15.2 Å². The van der Waals surface area contributed by atoms with Crippen LogP contribution in [0.15, 0.2) is 22.3 Å². The summed E-state index contributed by atoms with van der Waals surface area (Å²) in [4.78, 5) is 60.8. The van der Waals surface area contributed by atoms with E-state index in [-0.39, 0.29) is 17.5 Å². The van der Waals surface area contributed by atoms with Gasteiger partial charge >= 0.3 is 6.16 Å². The number of aromatic nitrogens is 1. The summed E-state index contributed by atoms with van der Waals surface area (Å²) >= 11 is 2.29. The Morgan fingerprint density at radius 2 is 1.97 bits per heavy atom. The van der Waals surface area contributed by atoms with Gasteiger partial charge in [-0.3, -0.25) is 14.4 Å². The topological polar surface area (TPSA) is 172 Å². The normalized spacial score (nSPS) is 21.6. The van der Waals surface area contributed by atoms with E-state index in [1.54, 1.807) is 5.41 Å². The number of Topliss-reactive ketones (excluding diaryl/α,β-unsaturated/α-hetero) is 1. The number of nitrogens with two attached hydrogens (primary N) is 1. The molecule has 36 heavy (non-hydrogen) atoms. The maximum absolute atomic E-state index is 13.1. The van der Waals surface area contributed by atoms with Crippen LogP contribution in [0.3, 0.4) is 0 Å². The van der Waals surface area contributed by atoms with Crippen LogP contribution < -0.4 is 11.1 Å². The second-order valence-electron chi connectivity index (χ2n) is 7.05. The third-order valence-corrected chi connectivity index (χ3v) is 6.98. The summed E-state index contributed by atoms with van der Waals surface area (Å²) in [5.74, 6) is -1.68. The lowest BCUT2D eigenvalue weighted by Gasteiger charge is -2.52. The number of carbonyl (C=O) groups is 4. The number of amides is 2. The van der Waals surface area contributed by atoms with Gasteiger partial charge in [0, 0.05) is 13.3 Å². The minimum Gasteiger partial charge on any atom is -0.438 e. The van der Waals surface area contributed by atoms with E-state index in [0.29, 0.717) is 10.5 Å². The molecule has 198 valence electrons. The number of anilines is 1. The number of ether oxygens (including phenoxy) is 3. The van der Waals surface area contributed by atoms with E-state index in [0.717, 1.165) is 18.4 Å². The van der Waals surface area contributed by atoms with Crippen molar-refractivity contribution in [3.05, 3.63) is 22.1 Å². The van der Waals surface area contributed by atoms with Gasteiger partial charge in [0.1, 0.15) is 24.6 Å². The van der Waals surface area contributed by atoms with E-state index in [4.69, 9.17) is 20.0 Å². The monoisotopic (exact) mass is 543 g/mol. The number of nitrogen functional groups attached to an aromatic ring is 1. The molecule has 3 heterocycles. The first-order valence-electron chi connectivity index (χ1n) is 10.8. The fourth-order valence-corrected chi connectivity index (χ4v) is 5.28. The lowest BCUT2D eigenvalue weighted by molar-refractivity contribution is -0.156. The van der Waals surface area contributed by atoms with Gasteiger partial charge in [-0.05, 0) is 17.9 Å². The van der Waals surface area contributed by atoms with Gasteiger partial charge in [-0.2, -0.15) is 0 Å². The summed E-state index contributed by atoms with van der Waals surface area (Å²) in [6.07, 6.45) is -0.826. The molecule has 15 heteroatoms. The number of hydrogen-bond donors (Lipinski definition) is 2. The predicted molar refractivity (Wildman–Crippen MR) is 133 cm³/mol. The van der Waals surface area contributed by atoms with Crippen LogP contribution in [0.1, 0.15) is 25.6 Å². The molecule has 1 fully saturated rings. The zero-order valence-electron chi connectivity index (χ0n) is 20.7. The van der Waals surface area contributed by atoms with Gasteiger partial charge in [-0.1, -0.05) is 30.3 Å². The first-order valence-corrected chi connectivity index (χ1v) is 12.6. The quantitative estimate of drug-likeness (QED) is 0.198. The van der Waals surface area contributed by atoms with E-state index < -0.39 is 47.3 Å². The number of β-lactam (4-membered cyclic amide) rings is 1. The summed E-state index contributed by atoms with van der Waals surface area (Å²) in [7, 11) is 3.86. The summed E-state index contributed by atoms with van der Waals surface area (Å²) in [5, 5.41) is 7.73. The zero-order valence-corrected chi connectivity index (χ0v) is 22.3. The standard InChI is InChI=1S/C19H23N5O8S2.C2H6/c1-8(32-19(28)30-3)14(25)13-9(6-29-2)7-33-17-12(16(27)24(13)17)22-15(26)11(23-31-4)10-5-21-18(20)34-10;1-2/h5,7-8,12-13,17H,6H2,1-4H3,(H2,20,21)(H,22,26);1-2H3/b23-11+;. The average molecular weight is 544 g/mol. The SMILES string of the molecule is CC.COCC1=CSC2C(NC(=O)/C(=N/OC)c3cnc(N)s3)C(=O)N2C1C(=O)C(C)OC(=O)OC. The highest BCUT2D eigenvalue weighted by Gasteiger charge is 2.56. The minimum absolute atomic E-state index is 0.0827. The van der Waals surface area contributed by atoms with Crippen molar-refractivity contribution < 1.29 is 38.2 Å². The van der Waals surface area contributed by atoms with Crippen molar-refractivity contribution in [2.24, 2.45) is 5.16 Å². The van der Waals surface area contributed by atoms with Gasteiger partial charge < -0.3 is 35.0 Å². The molecule has 2 aliphatic rings. The molecule has 0 spiro atoms. The number of ketones is 1. The second-order valence-corrected chi connectivity index (χ2v) is 9.11. The fraction of sp³-hybridized carbons (Fsp3) is 0.524. The lowest BCUT2D eigenvalue weighted by Crippen LogP contribution is -2.74. The van der Waals surface area contributed by atoms with Crippen molar-refractivity contribution in [3.63, 3.8) is 0 Å². The van der Waals surface area contributed by atoms with E-state index in [9.17, 15) is 19.2 Å². The molecular weight excluding hydrogens is 514 g/mol. The minimum atomic E-state index is -1.18. The number of rotatable bonds is 9. The van der Waals surface area contributed by atoms with E-state index in [1.807, 2.05) is 13.8 Å². The van der Waals surface area contributed by atoms with Gasteiger partial charge in [-0.25, -0.2) is 9.78 Å². The summed E-state index contributed by atoms with van der Waals surface area (Å²) < 4.78 is 14.6. The second kappa shape index (κ2) is 13.2. The number of nitrogens with zero attached hydrogens (tertiary/aromatic N) is 3. The maximum atomic E-state index is 13.1. The Morgan fingerprint density at radius 3 is 2.53 bits per heavy atom. The Bertz CT molecular complexity index is 1040. The van der Waals surface area contributed by atoms with Crippen LogP contribution in [0.2, 0.25) is 0 Å². The molecule has 3 N–H and O–H groups in total. The summed E-state index contributed by atoms with van der Waals surface area (Å²) in [6, 6.07) is -1.96. The molecule has 4 unspecified atom stereocenters. The van der Waals surface area contributed by atoms with Crippen molar-refractivity contribution in [2.45, 2.75) is 44.3 Å². The molecule has 2 amide bonds. The third kappa shape index (κ3) is 6.14. The molecule has 0 aromatic carbocycles. The molecule has 3 rings (SSSR count). The van der Waals surface area contributed by atoms with E-state index >= 15 is 0 Å². The van der Waals surface area contributed by atoms with Crippen molar-refractivity contribution in [2.75, 3.05) is 33.7 Å². The Labute approximate surface area is 216 Å². The first-order chi connectivity index (χ1) is 17.2. The predicted octanol–water partition coefficient (Wildman–Crippen LogP) is 1.14. The molecule has 1 aromatic rings. The van der Waals surface area contributed by atoms with Gasteiger partial charge in [-0.15, -0.1) is 11.8 Å². The number of carbonyl (C=O) groups excluding carboxylic acids is 4. The van der Waals surface area contributed by atoms with Gasteiger partial charge in [0.05, 0.1) is 18.6 Å². The van der Waals surface area contributed by atoms with Crippen LogP contribution in [0, 0.1) is 0 Å². The van der Waals surface area contributed by atoms with Crippen LogP contribution in [-0.2, 0) is 33.4 Å². The van der Waals surface area contributed by atoms with Crippen LogP contribution in [0.25, 0.3) is 0 Å². The zero-order chi connectivity index (χ0) is 27.0. The lowest BCUT2D eigenvalue weighted by atomic mass is 9.93. The smallest absolute Gasteiger partial charge is 0.438 e. The highest BCUT2D eigenvalue weighted by Crippen LogP contribution is 2.40. The van der Waals surface area contributed by atoms with Crippen LogP contribution in [0.5, 0.6) is 0 Å². The molecule has 0 aliphatic carbocycles. The highest BCUT2D eigenvalue weighted by atomic mass is 32.2. The summed E-state index contributed by atoms with van der Waals surface area (Å²) in [5.41, 5.74) is 6.06. The molecule has 1 saturated heterocycles. The number of methoxy groups -OCH3 is 2. The van der Waals surface area contributed by atoms with Crippen molar-refractivity contribution in [1.29, 1.82) is 0 Å². The molecule has 1 aromatic heterocycles. The van der Waals surface area contributed by atoms with Gasteiger partial charge in [0.25, 0.3) is 5.91 Å². The van der Waals surface area contributed by atoms with Crippen LogP contribution in [0.4, 0.5) is 9.93 Å².